The fourth-order valence-electron chi connectivity index (χ4n) is 3.77. The van der Waals surface area contributed by atoms with Crippen molar-refractivity contribution in [2.75, 3.05) is 32.1 Å². The zero-order valence-corrected chi connectivity index (χ0v) is 22.2. The van der Waals surface area contributed by atoms with E-state index in [9.17, 15) is 35.9 Å². The fourth-order valence-corrected chi connectivity index (χ4v) is 4.49. The number of nitrogens with one attached hydrogen (secondary N) is 1. The van der Waals surface area contributed by atoms with E-state index in [1.54, 1.807) is 0 Å². The summed E-state index contributed by atoms with van der Waals surface area (Å²) >= 11 is 1.44. The number of halogens is 6. The molecule has 0 saturated carbocycles. The van der Waals surface area contributed by atoms with Crippen molar-refractivity contribution in [3.8, 4) is 0 Å². The van der Waals surface area contributed by atoms with E-state index in [0.29, 0.717) is 12.1 Å². The monoisotopic (exact) mass is 587 g/mol. The number of carbonyl (C=O) groups is 2. The Balaban J connectivity index is 1.84. The van der Waals surface area contributed by atoms with Gasteiger partial charge in [0.2, 0.25) is 5.91 Å². The fraction of sp³-hybridized carbons (Fsp3) is 0.333. The Morgan fingerprint density at radius 3 is 2.08 bits per heavy atom. The van der Waals surface area contributed by atoms with Crippen LogP contribution in [0.15, 0.2) is 66.0 Å². The Labute approximate surface area is 231 Å². The van der Waals surface area contributed by atoms with Crippen LogP contribution in [0.4, 0.5) is 36.8 Å². The zero-order chi connectivity index (χ0) is 29.3. The number of hydrogen-bond acceptors (Lipinski definition) is 4. The molecule has 2 aromatic carbocycles. The second-order valence-corrected chi connectivity index (χ2v) is 9.84. The van der Waals surface area contributed by atoms with Crippen molar-refractivity contribution < 1.29 is 40.7 Å². The lowest BCUT2D eigenvalue weighted by molar-refractivity contribution is -0.143. The molecule has 0 spiro atoms. The molecule has 3 amide bonds. The number of methoxy groups -OCH3 is 1. The minimum Gasteiger partial charge on any atom is -0.385 e. The number of amides is 3. The largest absolute Gasteiger partial charge is 0.416 e. The third kappa shape index (κ3) is 9.26. The molecular formula is C27H27F6N3O3S. The molecule has 0 aliphatic heterocycles. The van der Waals surface area contributed by atoms with Crippen molar-refractivity contribution >= 4 is 29.0 Å². The van der Waals surface area contributed by atoms with Crippen LogP contribution in [0.1, 0.15) is 28.0 Å². The summed E-state index contributed by atoms with van der Waals surface area (Å²) in [7, 11) is 1.43. The number of nitrogens with zero attached hydrogens (tertiary/aromatic N) is 2. The van der Waals surface area contributed by atoms with Gasteiger partial charge in [0.25, 0.3) is 0 Å². The van der Waals surface area contributed by atoms with Crippen molar-refractivity contribution in [3.05, 3.63) is 87.6 Å². The van der Waals surface area contributed by atoms with Crippen LogP contribution < -0.4 is 5.32 Å². The van der Waals surface area contributed by atoms with Crippen molar-refractivity contribution in [3.63, 3.8) is 0 Å². The van der Waals surface area contributed by atoms with Gasteiger partial charge < -0.3 is 19.9 Å². The summed E-state index contributed by atoms with van der Waals surface area (Å²) in [6.45, 7) is 0.200. The predicted octanol–water partition coefficient (Wildman–Crippen LogP) is 6.89. The summed E-state index contributed by atoms with van der Waals surface area (Å²) in [5.41, 5.74) is -2.99. The lowest BCUT2D eigenvalue weighted by atomic mass is 10.1. The molecule has 1 N–H and O–H groups in total. The molecule has 0 aliphatic rings. The van der Waals surface area contributed by atoms with Gasteiger partial charge in [-0.3, -0.25) is 4.79 Å². The molecule has 216 valence electrons. The first-order valence-electron chi connectivity index (χ1n) is 12.0. The normalized spacial score (nSPS) is 11.8. The molecule has 6 nitrogen and oxygen atoms in total. The second kappa shape index (κ2) is 13.7. The standard InChI is InChI=1S/C27H27F6N3O3S/c1-39-11-6-10-35(25(38)34-22-14-20(26(28,29)30)13-21(15-22)27(31,32)33)18-24(37)36(17-23-9-5-12-40-23)16-19-7-3-2-4-8-19/h2-5,7-9,12-15H,6,10-11,16-18H2,1H3,(H,34,38). The van der Waals surface area contributed by atoms with E-state index in [4.69, 9.17) is 4.74 Å². The molecule has 40 heavy (non-hydrogen) atoms. The van der Waals surface area contributed by atoms with Gasteiger partial charge in [-0.2, -0.15) is 26.3 Å². The first-order chi connectivity index (χ1) is 18.9. The van der Waals surface area contributed by atoms with Crippen LogP contribution in [-0.4, -0.2) is 48.5 Å². The number of rotatable bonds is 11. The summed E-state index contributed by atoms with van der Waals surface area (Å²) in [4.78, 5) is 30.0. The molecule has 0 unspecified atom stereocenters. The summed E-state index contributed by atoms with van der Waals surface area (Å²) in [6.07, 6.45) is -9.87. The molecule has 1 aromatic heterocycles. The smallest absolute Gasteiger partial charge is 0.385 e. The van der Waals surface area contributed by atoms with Gasteiger partial charge in [-0.1, -0.05) is 36.4 Å². The summed E-state index contributed by atoms with van der Waals surface area (Å²) < 4.78 is 84.7. The van der Waals surface area contributed by atoms with Crippen LogP contribution in [0.2, 0.25) is 0 Å². The van der Waals surface area contributed by atoms with E-state index in [2.05, 4.69) is 5.32 Å². The van der Waals surface area contributed by atoms with Crippen molar-refractivity contribution in [1.82, 2.24) is 9.80 Å². The minimum absolute atomic E-state index is 0.0262. The third-order valence-electron chi connectivity index (χ3n) is 5.72. The Hall–Kier alpha value is -3.58. The Morgan fingerprint density at radius 2 is 1.52 bits per heavy atom. The Bertz CT molecular complexity index is 1220. The molecule has 0 aliphatic carbocycles. The Kier molecular flexibility index (Phi) is 10.6. The van der Waals surface area contributed by atoms with Crippen molar-refractivity contribution in [2.45, 2.75) is 31.9 Å². The van der Waals surface area contributed by atoms with Crippen LogP contribution >= 0.6 is 11.3 Å². The number of urea groups is 1. The highest BCUT2D eigenvalue weighted by Crippen LogP contribution is 2.37. The summed E-state index contributed by atoms with van der Waals surface area (Å²) in [5.74, 6) is -0.454. The average molecular weight is 588 g/mol. The molecule has 0 bridgehead atoms. The quantitative estimate of drug-likeness (QED) is 0.197. The van der Waals surface area contributed by atoms with Gasteiger partial charge in [-0.05, 0) is 41.6 Å². The van der Waals surface area contributed by atoms with Crippen LogP contribution in [0.5, 0.6) is 0 Å². The predicted molar refractivity (Wildman–Crippen MR) is 139 cm³/mol. The number of carbonyl (C=O) groups excluding carboxylic acids is 2. The summed E-state index contributed by atoms with van der Waals surface area (Å²) in [5, 5.41) is 3.97. The maximum Gasteiger partial charge on any atom is 0.416 e. The highest BCUT2D eigenvalue weighted by Gasteiger charge is 2.37. The van der Waals surface area contributed by atoms with Crippen LogP contribution in [-0.2, 0) is 35.0 Å². The molecule has 0 radical (unpaired) electrons. The Morgan fingerprint density at radius 1 is 0.875 bits per heavy atom. The summed E-state index contributed by atoms with van der Waals surface area (Å²) in [6, 6.07) is 12.6. The number of anilines is 1. The third-order valence-corrected chi connectivity index (χ3v) is 6.59. The van der Waals surface area contributed by atoms with Gasteiger partial charge in [0, 0.05) is 37.4 Å². The molecule has 0 saturated heterocycles. The highest BCUT2D eigenvalue weighted by atomic mass is 32.1. The first kappa shape index (κ1) is 31.0. The lowest BCUT2D eigenvalue weighted by Crippen LogP contribution is -2.44. The van der Waals surface area contributed by atoms with E-state index in [-0.39, 0.29) is 38.7 Å². The van der Waals surface area contributed by atoms with E-state index in [1.165, 1.54) is 23.3 Å². The maximum absolute atomic E-state index is 13.4. The second-order valence-electron chi connectivity index (χ2n) is 8.81. The van der Waals surface area contributed by atoms with Crippen molar-refractivity contribution in [2.24, 2.45) is 0 Å². The van der Waals surface area contributed by atoms with Gasteiger partial charge in [-0.25, -0.2) is 4.79 Å². The molecule has 13 heteroatoms. The van der Waals surface area contributed by atoms with E-state index >= 15 is 0 Å². The van der Waals surface area contributed by atoms with Gasteiger partial charge in [0.05, 0.1) is 17.7 Å². The molecule has 3 rings (SSSR count). The van der Waals surface area contributed by atoms with Crippen LogP contribution in [0.25, 0.3) is 0 Å². The number of ether oxygens (including phenoxy) is 1. The van der Waals surface area contributed by atoms with Gasteiger partial charge in [-0.15, -0.1) is 11.3 Å². The van der Waals surface area contributed by atoms with E-state index in [1.807, 2.05) is 47.8 Å². The molecule has 0 atom stereocenters. The van der Waals surface area contributed by atoms with Gasteiger partial charge in [0.15, 0.2) is 0 Å². The number of alkyl halides is 6. The van der Waals surface area contributed by atoms with Crippen LogP contribution in [0.3, 0.4) is 0 Å². The van der Waals surface area contributed by atoms with Gasteiger partial charge in [0.1, 0.15) is 6.54 Å². The number of thiophene rings is 1. The molecule has 0 fully saturated rings. The highest BCUT2D eigenvalue weighted by molar-refractivity contribution is 7.09. The number of hydrogen-bond donors (Lipinski definition) is 1. The first-order valence-corrected chi connectivity index (χ1v) is 12.9. The minimum atomic E-state index is -5.07. The average Bonchev–Trinajstić information content (AvgIpc) is 3.40. The zero-order valence-electron chi connectivity index (χ0n) is 21.4. The molecular weight excluding hydrogens is 560 g/mol. The topological polar surface area (TPSA) is 61.9 Å². The van der Waals surface area contributed by atoms with Crippen molar-refractivity contribution in [1.29, 1.82) is 0 Å². The number of benzene rings is 2. The lowest BCUT2D eigenvalue weighted by Gasteiger charge is -2.28. The van der Waals surface area contributed by atoms with E-state index < -0.39 is 47.6 Å². The molecule has 3 aromatic rings. The SMILES string of the molecule is COCCCN(CC(=O)N(Cc1ccccc1)Cc1cccs1)C(=O)Nc1cc(C(F)(F)F)cc(C(F)(F)F)c1. The van der Waals surface area contributed by atoms with E-state index in [0.717, 1.165) is 15.3 Å². The maximum atomic E-state index is 13.4. The molecule has 1 heterocycles. The van der Waals surface area contributed by atoms with Crippen LogP contribution in [0, 0.1) is 0 Å². The van der Waals surface area contributed by atoms with Gasteiger partial charge >= 0.3 is 18.4 Å².